The summed E-state index contributed by atoms with van der Waals surface area (Å²) in [6, 6.07) is 19.7. The summed E-state index contributed by atoms with van der Waals surface area (Å²) in [5, 5.41) is 5.32. The molecule has 0 aliphatic carbocycles. The number of rotatable bonds is 5. The Bertz CT molecular complexity index is 1040. The Balaban J connectivity index is 1.70. The molecule has 0 aromatic heterocycles. The van der Waals surface area contributed by atoms with E-state index in [4.69, 9.17) is 9.47 Å². The van der Waals surface area contributed by atoms with Crippen molar-refractivity contribution in [3.63, 3.8) is 0 Å². The lowest BCUT2D eigenvalue weighted by Gasteiger charge is -2.41. The zero-order valence-corrected chi connectivity index (χ0v) is 17.2. The van der Waals surface area contributed by atoms with Crippen molar-refractivity contribution in [1.29, 1.82) is 0 Å². The second-order valence-electron chi connectivity index (χ2n) is 7.66. The SMILES string of the molecule is CCC1(CC)C[C@H](NC(=O)c2cc3ccccc3cc2OC)c2ccccc2O1. The molecule has 0 radical (unpaired) electrons. The van der Waals surface area contributed by atoms with Gasteiger partial charge in [-0.3, -0.25) is 4.79 Å². The number of carbonyl (C=O) groups is 1. The molecule has 1 atom stereocenters. The fourth-order valence-electron chi connectivity index (χ4n) is 4.23. The quantitative estimate of drug-likeness (QED) is 0.612. The molecule has 0 spiro atoms. The van der Waals surface area contributed by atoms with Crippen molar-refractivity contribution in [3.05, 3.63) is 71.8 Å². The number of hydrogen-bond donors (Lipinski definition) is 1. The van der Waals surface area contributed by atoms with Crippen LogP contribution in [-0.4, -0.2) is 18.6 Å². The fourth-order valence-corrected chi connectivity index (χ4v) is 4.23. The van der Waals surface area contributed by atoms with Gasteiger partial charge in [0.05, 0.1) is 18.7 Å². The van der Waals surface area contributed by atoms with Gasteiger partial charge < -0.3 is 14.8 Å². The number of benzene rings is 3. The number of fused-ring (bicyclic) bond motifs is 2. The van der Waals surface area contributed by atoms with E-state index < -0.39 is 0 Å². The summed E-state index contributed by atoms with van der Waals surface area (Å²) < 4.78 is 11.9. The van der Waals surface area contributed by atoms with Crippen LogP contribution in [0.1, 0.15) is 55.1 Å². The van der Waals surface area contributed by atoms with Gasteiger partial charge in [0.2, 0.25) is 0 Å². The molecule has 4 heteroatoms. The van der Waals surface area contributed by atoms with Crippen LogP contribution >= 0.6 is 0 Å². The lowest BCUT2D eigenvalue weighted by Crippen LogP contribution is -2.44. The van der Waals surface area contributed by atoms with Gasteiger partial charge in [0.15, 0.2) is 0 Å². The molecule has 0 saturated heterocycles. The summed E-state index contributed by atoms with van der Waals surface area (Å²) in [4.78, 5) is 13.3. The minimum atomic E-state index is -0.264. The first-order valence-electron chi connectivity index (χ1n) is 10.2. The smallest absolute Gasteiger partial charge is 0.255 e. The van der Waals surface area contributed by atoms with Gasteiger partial charge in [0, 0.05) is 12.0 Å². The predicted octanol–water partition coefficient (Wildman–Crippen LogP) is 5.66. The largest absolute Gasteiger partial charge is 0.496 e. The zero-order valence-electron chi connectivity index (χ0n) is 17.2. The van der Waals surface area contributed by atoms with Crippen molar-refractivity contribution in [3.8, 4) is 11.5 Å². The maximum Gasteiger partial charge on any atom is 0.255 e. The van der Waals surface area contributed by atoms with Gasteiger partial charge in [-0.25, -0.2) is 0 Å². The van der Waals surface area contributed by atoms with E-state index >= 15 is 0 Å². The van der Waals surface area contributed by atoms with Gasteiger partial charge in [0.1, 0.15) is 17.1 Å². The number of hydrogen-bond acceptors (Lipinski definition) is 3. The maximum atomic E-state index is 13.3. The Morgan fingerprint density at radius 3 is 2.41 bits per heavy atom. The summed E-state index contributed by atoms with van der Waals surface area (Å²) in [5.74, 6) is 1.31. The molecule has 3 aromatic rings. The van der Waals surface area contributed by atoms with Gasteiger partial charge in [-0.1, -0.05) is 56.3 Å². The maximum absolute atomic E-state index is 13.3. The van der Waals surface area contributed by atoms with Crippen molar-refractivity contribution in [2.45, 2.75) is 44.8 Å². The molecular weight excluding hydrogens is 362 g/mol. The van der Waals surface area contributed by atoms with Gasteiger partial charge in [-0.15, -0.1) is 0 Å². The number of methoxy groups -OCH3 is 1. The third-order valence-electron chi connectivity index (χ3n) is 6.10. The van der Waals surface area contributed by atoms with Crippen molar-refractivity contribution >= 4 is 16.7 Å². The lowest BCUT2D eigenvalue weighted by atomic mass is 9.83. The van der Waals surface area contributed by atoms with Gasteiger partial charge in [-0.05, 0) is 41.8 Å². The highest BCUT2D eigenvalue weighted by Gasteiger charge is 2.39. The van der Waals surface area contributed by atoms with E-state index in [0.29, 0.717) is 11.3 Å². The number of carbonyl (C=O) groups excluding carboxylic acids is 1. The van der Waals surface area contributed by atoms with Gasteiger partial charge in [0.25, 0.3) is 5.91 Å². The van der Waals surface area contributed by atoms with Crippen molar-refractivity contribution < 1.29 is 14.3 Å². The van der Waals surface area contributed by atoms with E-state index in [9.17, 15) is 4.79 Å². The second kappa shape index (κ2) is 7.78. The standard InChI is InChI=1S/C25H27NO3/c1-4-25(5-2)16-21(19-12-8-9-13-22(19)29-25)26-24(27)20-14-17-10-6-7-11-18(17)15-23(20)28-3/h6-15,21H,4-5,16H2,1-3H3,(H,26,27)/t21-/m0/s1. The van der Waals surface area contributed by atoms with Crippen LogP contribution in [0.15, 0.2) is 60.7 Å². The van der Waals surface area contributed by atoms with E-state index in [1.165, 1.54) is 0 Å². The molecule has 1 heterocycles. The molecule has 1 aliphatic heterocycles. The molecule has 3 aromatic carbocycles. The van der Waals surface area contributed by atoms with E-state index in [1.807, 2.05) is 60.7 Å². The topological polar surface area (TPSA) is 47.6 Å². The minimum absolute atomic E-state index is 0.108. The molecule has 0 saturated carbocycles. The zero-order chi connectivity index (χ0) is 20.4. The predicted molar refractivity (Wildman–Crippen MR) is 116 cm³/mol. The summed E-state index contributed by atoms with van der Waals surface area (Å²) in [6.07, 6.45) is 2.53. The first kappa shape index (κ1) is 19.3. The molecule has 4 rings (SSSR count). The van der Waals surface area contributed by atoms with E-state index in [2.05, 4.69) is 19.2 Å². The first-order chi connectivity index (χ1) is 14.1. The van der Waals surface area contributed by atoms with Crippen LogP contribution in [-0.2, 0) is 0 Å². The molecule has 4 nitrogen and oxygen atoms in total. The average Bonchev–Trinajstić information content (AvgIpc) is 2.77. The van der Waals surface area contributed by atoms with E-state index in [-0.39, 0.29) is 17.6 Å². The van der Waals surface area contributed by atoms with Crippen LogP contribution in [0.4, 0.5) is 0 Å². The lowest BCUT2D eigenvalue weighted by molar-refractivity contribution is 0.0227. The average molecular weight is 389 g/mol. The molecule has 29 heavy (non-hydrogen) atoms. The molecule has 1 amide bonds. The van der Waals surface area contributed by atoms with Crippen LogP contribution in [0.2, 0.25) is 0 Å². The normalized spacial score (nSPS) is 17.3. The van der Waals surface area contributed by atoms with Crippen LogP contribution in [0, 0.1) is 0 Å². The van der Waals surface area contributed by atoms with Crippen molar-refractivity contribution in [2.75, 3.05) is 7.11 Å². The fraction of sp³-hybridized carbons (Fsp3) is 0.320. The molecule has 150 valence electrons. The number of amides is 1. The third-order valence-corrected chi connectivity index (χ3v) is 6.10. The molecule has 0 bridgehead atoms. The number of nitrogens with one attached hydrogen (secondary N) is 1. The first-order valence-corrected chi connectivity index (χ1v) is 10.2. The van der Waals surface area contributed by atoms with Crippen molar-refractivity contribution in [2.24, 2.45) is 0 Å². The van der Waals surface area contributed by atoms with Crippen molar-refractivity contribution in [1.82, 2.24) is 5.32 Å². The van der Waals surface area contributed by atoms with Crippen LogP contribution in [0.25, 0.3) is 10.8 Å². The highest BCUT2D eigenvalue weighted by atomic mass is 16.5. The Morgan fingerprint density at radius 1 is 1.07 bits per heavy atom. The molecule has 1 N–H and O–H groups in total. The van der Waals surface area contributed by atoms with Gasteiger partial charge in [-0.2, -0.15) is 0 Å². The van der Waals surface area contributed by atoms with Crippen LogP contribution in [0.5, 0.6) is 11.5 Å². The highest BCUT2D eigenvalue weighted by molar-refractivity contribution is 6.01. The molecule has 1 aliphatic rings. The van der Waals surface area contributed by atoms with Gasteiger partial charge >= 0.3 is 0 Å². The second-order valence-corrected chi connectivity index (χ2v) is 7.66. The molecule has 0 fully saturated rings. The molecular formula is C25H27NO3. The Labute approximate surface area is 171 Å². The number of ether oxygens (including phenoxy) is 2. The van der Waals surface area contributed by atoms with Crippen LogP contribution < -0.4 is 14.8 Å². The van der Waals surface area contributed by atoms with Crippen LogP contribution in [0.3, 0.4) is 0 Å². The summed E-state index contributed by atoms with van der Waals surface area (Å²) in [7, 11) is 1.60. The summed E-state index contributed by atoms with van der Waals surface area (Å²) in [5.41, 5.74) is 1.31. The Hall–Kier alpha value is -3.01. The molecule has 0 unspecified atom stereocenters. The highest BCUT2D eigenvalue weighted by Crippen LogP contribution is 2.43. The Kier molecular flexibility index (Phi) is 5.18. The minimum Gasteiger partial charge on any atom is -0.496 e. The Morgan fingerprint density at radius 2 is 1.72 bits per heavy atom. The summed E-state index contributed by atoms with van der Waals surface area (Å²) >= 11 is 0. The monoisotopic (exact) mass is 389 g/mol. The number of para-hydroxylation sites is 1. The van der Waals surface area contributed by atoms with E-state index in [0.717, 1.165) is 41.3 Å². The third kappa shape index (κ3) is 3.55. The van der Waals surface area contributed by atoms with E-state index in [1.54, 1.807) is 7.11 Å². The summed E-state index contributed by atoms with van der Waals surface area (Å²) in [6.45, 7) is 4.28.